The van der Waals surface area contributed by atoms with E-state index in [0.717, 1.165) is 0 Å². The van der Waals surface area contributed by atoms with Gasteiger partial charge in [-0.1, -0.05) is 121 Å². The second kappa shape index (κ2) is 9.84. The minimum atomic E-state index is 0.0964. The predicted octanol–water partition coefficient (Wildman–Crippen LogP) is 9.95. The molecule has 9 aromatic rings. The lowest BCUT2D eigenvalue weighted by atomic mass is 9.34. The first-order valence-corrected chi connectivity index (χ1v) is 17.4. The molecule has 0 radical (unpaired) electrons. The number of para-hydroxylation sites is 2. The number of hydrogen-bond acceptors (Lipinski definition) is 2. The summed E-state index contributed by atoms with van der Waals surface area (Å²) in [7, 11) is 0. The predicted molar refractivity (Wildman–Crippen MR) is 206 cm³/mol. The smallest absolute Gasteiger partial charge is 0.252 e. The minimum absolute atomic E-state index is 0.0964. The summed E-state index contributed by atoms with van der Waals surface area (Å²) in [6, 6.07) is 60.5. The number of benzene rings is 7. The van der Waals surface area contributed by atoms with Crippen molar-refractivity contribution < 1.29 is 0 Å². The maximum Gasteiger partial charge on any atom is 0.252 e. The zero-order valence-electron chi connectivity index (χ0n) is 26.0. The van der Waals surface area contributed by atoms with Gasteiger partial charge in [0.1, 0.15) is 0 Å². The van der Waals surface area contributed by atoms with Crippen LogP contribution in [0.15, 0.2) is 164 Å². The van der Waals surface area contributed by atoms with Crippen molar-refractivity contribution in [2.75, 3.05) is 4.90 Å². The normalized spacial score (nSPS) is 12.9. The SMILES string of the molecule is c1ccc(-c2c(-c3ccccc3)n3c4c(cccc24)B2c4cc5sc6ccccc6c5cc4N(c4ccccc4)c4cccc-3c42)cc1. The van der Waals surface area contributed by atoms with Crippen molar-refractivity contribution in [2.45, 2.75) is 0 Å². The van der Waals surface area contributed by atoms with Crippen LogP contribution in [0.2, 0.25) is 0 Å². The Kier molecular flexibility index (Phi) is 5.38. The molecule has 4 heterocycles. The lowest BCUT2D eigenvalue weighted by Crippen LogP contribution is -2.60. The molecule has 0 unspecified atom stereocenters. The van der Waals surface area contributed by atoms with Crippen molar-refractivity contribution in [3.05, 3.63) is 164 Å². The first-order chi connectivity index (χ1) is 23.8. The zero-order valence-corrected chi connectivity index (χ0v) is 26.8. The molecule has 2 aliphatic heterocycles. The highest BCUT2D eigenvalue weighted by atomic mass is 32.1. The van der Waals surface area contributed by atoms with E-state index in [4.69, 9.17) is 0 Å². The molecule has 222 valence electrons. The Morgan fingerprint density at radius 1 is 0.458 bits per heavy atom. The summed E-state index contributed by atoms with van der Waals surface area (Å²) in [5, 5.41) is 3.95. The Balaban J connectivity index is 1.32. The number of rotatable bonds is 3. The van der Waals surface area contributed by atoms with E-state index in [-0.39, 0.29) is 6.71 Å². The number of hydrogen-bond donors (Lipinski definition) is 0. The molecule has 0 atom stereocenters. The third-order valence-corrected chi connectivity index (χ3v) is 11.5. The fraction of sp³-hybridized carbons (Fsp3) is 0. The first kappa shape index (κ1) is 26.3. The number of thiophene rings is 1. The van der Waals surface area contributed by atoms with Crippen LogP contribution in [0.5, 0.6) is 0 Å². The molecule has 0 amide bonds. The quantitative estimate of drug-likeness (QED) is 0.177. The summed E-state index contributed by atoms with van der Waals surface area (Å²) in [6.07, 6.45) is 0. The summed E-state index contributed by atoms with van der Waals surface area (Å²) in [6.45, 7) is 0.0964. The van der Waals surface area contributed by atoms with Gasteiger partial charge in [0.25, 0.3) is 6.71 Å². The maximum absolute atomic E-state index is 2.57. The highest BCUT2D eigenvalue weighted by Gasteiger charge is 2.43. The third kappa shape index (κ3) is 3.47. The number of nitrogens with zero attached hydrogens (tertiary/aromatic N) is 2. The average Bonchev–Trinajstić information content (AvgIpc) is 3.70. The van der Waals surface area contributed by atoms with Crippen LogP contribution in [0.3, 0.4) is 0 Å². The van der Waals surface area contributed by atoms with Crippen molar-refractivity contribution in [3.8, 4) is 28.1 Å². The van der Waals surface area contributed by atoms with E-state index < -0.39 is 0 Å². The van der Waals surface area contributed by atoms with E-state index in [2.05, 4.69) is 173 Å². The zero-order chi connectivity index (χ0) is 31.3. The van der Waals surface area contributed by atoms with E-state index in [1.807, 2.05) is 11.3 Å². The van der Waals surface area contributed by atoms with Crippen LogP contribution in [-0.4, -0.2) is 11.3 Å². The van der Waals surface area contributed by atoms with Crippen LogP contribution in [0.1, 0.15) is 0 Å². The van der Waals surface area contributed by atoms with E-state index in [1.165, 1.54) is 92.6 Å². The van der Waals surface area contributed by atoms with Gasteiger partial charge in [0.15, 0.2) is 0 Å². The van der Waals surface area contributed by atoms with Gasteiger partial charge < -0.3 is 9.47 Å². The van der Waals surface area contributed by atoms with Crippen LogP contribution in [0, 0.1) is 0 Å². The van der Waals surface area contributed by atoms with Gasteiger partial charge in [-0.05, 0) is 70.0 Å². The molecule has 0 saturated carbocycles. The molecule has 7 aromatic carbocycles. The van der Waals surface area contributed by atoms with Gasteiger partial charge in [0.05, 0.1) is 5.69 Å². The summed E-state index contributed by atoms with van der Waals surface area (Å²) < 4.78 is 5.25. The molecule has 2 aliphatic rings. The van der Waals surface area contributed by atoms with Crippen LogP contribution < -0.4 is 21.3 Å². The molecular formula is C44H27BN2S. The summed E-state index contributed by atoms with van der Waals surface area (Å²) in [5.74, 6) is 0. The Hall–Kier alpha value is -5.84. The largest absolute Gasteiger partial charge is 0.311 e. The molecule has 4 heteroatoms. The molecule has 11 rings (SSSR count). The minimum Gasteiger partial charge on any atom is -0.311 e. The lowest BCUT2D eigenvalue weighted by molar-refractivity contribution is 1.14. The number of anilines is 3. The average molecular weight is 627 g/mol. The molecule has 0 bridgehead atoms. The van der Waals surface area contributed by atoms with E-state index in [0.29, 0.717) is 0 Å². The molecule has 0 aliphatic carbocycles. The van der Waals surface area contributed by atoms with Gasteiger partial charge in [-0.2, -0.15) is 0 Å². The van der Waals surface area contributed by atoms with Gasteiger partial charge in [-0.15, -0.1) is 11.3 Å². The van der Waals surface area contributed by atoms with E-state index >= 15 is 0 Å². The molecule has 2 aromatic heterocycles. The second-order valence-electron chi connectivity index (χ2n) is 12.9. The van der Waals surface area contributed by atoms with Crippen LogP contribution in [0.4, 0.5) is 17.1 Å². The number of aromatic nitrogens is 1. The second-order valence-corrected chi connectivity index (χ2v) is 13.9. The van der Waals surface area contributed by atoms with Crippen molar-refractivity contribution in [3.63, 3.8) is 0 Å². The highest BCUT2D eigenvalue weighted by molar-refractivity contribution is 7.26. The van der Waals surface area contributed by atoms with Gasteiger partial charge in [-0.3, -0.25) is 0 Å². The summed E-state index contributed by atoms with van der Waals surface area (Å²) in [4.78, 5) is 2.51. The molecule has 0 fully saturated rings. The van der Waals surface area contributed by atoms with Crippen molar-refractivity contribution in [1.82, 2.24) is 4.57 Å². The molecule has 0 spiro atoms. The number of fused-ring (bicyclic) bond motifs is 7. The monoisotopic (exact) mass is 626 g/mol. The summed E-state index contributed by atoms with van der Waals surface area (Å²) >= 11 is 1.90. The Labute approximate surface area is 282 Å². The van der Waals surface area contributed by atoms with Crippen LogP contribution >= 0.6 is 11.3 Å². The fourth-order valence-electron chi connectivity index (χ4n) is 8.50. The molecule has 48 heavy (non-hydrogen) atoms. The maximum atomic E-state index is 2.57. The topological polar surface area (TPSA) is 8.17 Å². The standard InChI is InChI=1S/C44H27BN2S/c1-4-14-28(15-5-1)41-32-21-12-22-34-44(32)47(43(41)29-16-6-2-7-17-29)37-24-13-23-36-42(37)45(34)35-27-40-33(31-20-10-11-25-39(31)48-40)26-38(35)46(36)30-18-8-3-9-19-30/h1-27H. The lowest BCUT2D eigenvalue weighted by Gasteiger charge is -2.40. The van der Waals surface area contributed by atoms with Crippen LogP contribution in [-0.2, 0) is 0 Å². The van der Waals surface area contributed by atoms with Crippen molar-refractivity contribution in [2.24, 2.45) is 0 Å². The molecule has 0 N–H and O–H groups in total. The van der Waals surface area contributed by atoms with E-state index in [1.54, 1.807) is 0 Å². The Bertz CT molecular complexity index is 2730. The summed E-state index contributed by atoms with van der Waals surface area (Å²) in [5.41, 5.74) is 15.3. The fourth-order valence-corrected chi connectivity index (χ4v) is 9.63. The van der Waals surface area contributed by atoms with E-state index in [9.17, 15) is 0 Å². The molecule has 0 saturated heterocycles. The van der Waals surface area contributed by atoms with Crippen molar-refractivity contribution >= 4 is 82.6 Å². The van der Waals surface area contributed by atoms with Gasteiger partial charge in [-0.25, -0.2) is 0 Å². The van der Waals surface area contributed by atoms with Crippen molar-refractivity contribution in [1.29, 1.82) is 0 Å². The third-order valence-electron chi connectivity index (χ3n) is 10.4. The first-order valence-electron chi connectivity index (χ1n) is 16.6. The van der Waals surface area contributed by atoms with Gasteiger partial charge in [0.2, 0.25) is 0 Å². The Morgan fingerprint density at radius 3 is 1.94 bits per heavy atom. The van der Waals surface area contributed by atoms with Crippen LogP contribution in [0.25, 0.3) is 59.1 Å². The van der Waals surface area contributed by atoms with Gasteiger partial charge in [0, 0.05) is 59.4 Å². The molecular weight excluding hydrogens is 599 g/mol. The highest BCUT2D eigenvalue weighted by Crippen LogP contribution is 2.47. The molecule has 2 nitrogen and oxygen atoms in total. The Morgan fingerprint density at radius 2 is 1.12 bits per heavy atom. The van der Waals surface area contributed by atoms with Gasteiger partial charge >= 0.3 is 0 Å².